The van der Waals surface area contributed by atoms with Gasteiger partial charge in [-0.15, -0.1) is 0 Å². The van der Waals surface area contributed by atoms with Crippen molar-refractivity contribution in [2.24, 2.45) is 0 Å². The van der Waals surface area contributed by atoms with Crippen molar-refractivity contribution in [1.82, 2.24) is 10.2 Å². The third-order valence-corrected chi connectivity index (χ3v) is 3.34. The number of hydrogen-bond acceptors (Lipinski definition) is 2. The number of carbonyl (C=O) groups is 1. The van der Waals surface area contributed by atoms with Crippen LogP contribution in [0.25, 0.3) is 10.8 Å². The molecule has 20 heavy (non-hydrogen) atoms. The molecule has 2 aromatic rings. The number of benzene rings is 2. The van der Waals surface area contributed by atoms with Crippen LogP contribution < -0.4 is 5.32 Å². The topological polar surface area (TPSA) is 32.3 Å². The van der Waals surface area contributed by atoms with Gasteiger partial charge >= 0.3 is 0 Å². The quantitative estimate of drug-likeness (QED) is 0.818. The molecule has 3 nitrogen and oxygen atoms in total. The number of rotatable bonds is 6. The molecule has 0 fully saturated rings. The lowest BCUT2D eigenvalue weighted by Gasteiger charge is -2.10. The summed E-state index contributed by atoms with van der Waals surface area (Å²) in [6, 6.07) is 14.3. The monoisotopic (exact) mass is 270 g/mol. The number of carbonyl (C=O) groups excluding carboxylic acids is 1. The molecule has 0 atom stereocenters. The second-order valence-electron chi connectivity index (χ2n) is 5.32. The SMILES string of the molecule is CN(C)CCCNC(=O)Cc1cccc2ccccc12. The van der Waals surface area contributed by atoms with Gasteiger partial charge in [-0.3, -0.25) is 4.79 Å². The van der Waals surface area contributed by atoms with Gasteiger partial charge in [-0.1, -0.05) is 42.5 Å². The lowest BCUT2D eigenvalue weighted by molar-refractivity contribution is -0.120. The maximum Gasteiger partial charge on any atom is 0.224 e. The van der Waals surface area contributed by atoms with Gasteiger partial charge in [0.1, 0.15) is 0 Å². The summed E-state index contributed by atoms with van der Waals surface area (Å²) in [5.41, 5.74) is 1.09. The highest BCUT2D eigenvalue weighted by molar-refractivity contribution is 5.90. The molecule has 3 heteroatoms. The van der Waals surface area contributed by atoms with E-state index < -0.39 is 0 Å². The third-order valence-electron chi connectivity index (χ3n) is 3.34. The number of nitrogens with one attached hydrogen (secondary N) is 1. The highest BCUT2D eigenvalue weighted by Gasteiger charge is 2.06. The molecule has 106 valence electrons. The highest BCUT2D eigenvalue weighted by atomic mass is 16.1. The Balaban J connectivity index is 1.93. The summed E-state index contributed by atoms with van der Waals surface area (Å²) >= 11 is 0. The Bertz CT molecular complexity index is 573. The Kier molecular flexibility index (Phi) is 5.13. The van der Waals surface area contributed by atoms with Crippen molar-refractivity contribution in [3.63, 3.8) is 0 Å². The van der Waals surface area contributed by atoms with Gasteiger partial charge in [0.05, 0.1) is 6.42 Å². The lowest BCUT2D eigenvalue weighted by Crippen LogP contribution is -2.28. The van der Waals surface area contributed by atoms with E-state index >= 15 is 0 Å². The van der Waals surface area contributed by atoms with E-state index in [0.29, 0.717) is 6.42 Å². The summed E-state index contributed by atoms with van der Waals surface area (Å²) < 4.78 is 0. The minimum absolute atomic E-state index is 0.0973. The Labute approximate surface area is 120 Å². The maximum absolute atomic E-state index is 12.0. The van der Waals surface area contributed by atoms with Crippen LogP contribution in [-0.2, 0) is 11.2 Å². The molecule has 0 aromatic heterocycles. The normalized spacial score (nSPS) is 10.9. The first-order chi connectivity index (χ1) is 9.66. The van der Waals surface area contributed by atoms with Crippen molar-refractivity contribution < 1.29 is 4.79 Å². The average Bonchev–Trinajstić information content (AvgIpc) is 2.44. The van der Waals surface area contributed by atoms with E-state index in [0.717, 1.165) is 25.1 Å². The van der Waals surface area contributed by atoms with Crippen LogP contribution in [0.5, 0.6) is 0 Å². The van der Waals surface area contributed by atoms with Crippen LogP contribution in [0.15, 0.2) is 42.5 Å². The summed E-state index contributed by atoms with van der Waals surface area (Å²) in [6.07, 6.45) is 1.43. The Morgan fingerprint density at radius 2 is 1.85 bits per heavy atom. The van der Waals surface area contributed by atoms with Crippen molar-refractivity contribution >= 4 is 16.7 Å². The van der Waals surface area contributed by atoms with Gasteiger partial charge in [-0.05, 0) is 43.4 Å². The predicted molar refractivity (Wildman–Crippen MR) is 83.8 cm³/mol. The molecule has 2 aromatic carbocycles. The Morgan fingerprint density at radius 3 is 2.65 bits per heavy atom. The van der Waals surface area contributed by atoms with Gasteiger partial charge in [-0.25, -0.2) is 0 Å². The first kappa shape index (κ1) is 14.5. The fraction of sp³-hybridized carbons (Fsp3) is 0.353. The van der Waals surface area contributed by atoms with Gasteiger partial charge in [0.2, 0.25) is 5.91 Å². The van der Waals surface area contributed by atoms with Crippen molar-refractivity contribution in [3.8, 4) is 0 Å². The number of nitrogens with zero attached hydrogens (tertiary/aromatic N) is 1. The molecule has 0 bridgehead atoms. The molecule has 2 rings (SSSR count). The lowest BCUT2D eigenvalue weighted by atomic mass is 10.0. The molecular weight excluding hydrogens is 248 g/mol. The molecule has 0 aliphatic rings. The second kappa shape index (κ2) is 7.06. The van der Waals surface area contributed by atoms with Gasteiger partial charge < -0.3 is 10.2 Å². The molecule has 0 saturated carbocycles. The van der Waals surface area contributed by atoms with E-state index in [2.05, 4.69) is 28.4 Å². The molecule has 0 radical (unpaired) electrons. The van der Waals surface area contributed by atoms with Crippen LogP contribution in [0.1, 0.15) is 12.0 Å². The number of hydrogen-bond donors (Lipinski definition) is 1. The standard InChI is InChI=1S/C17H22N2O/c1-19(2)12-6-11-18-17(20)13-15-9-5-8-14-7-3-4-10-16(14)15/h3-5,7-10H,6,11-13H2,1-2H3,(H,18,20). The highest BCUT2D eigenvalue weighted by Crippen LogP contribution is 2.18. The van der Waals surface area contributed by atoms with E-state index in [-0.39, 0.29) is 5.91 Å². The molecular formula is C17H22N2O. The fourth-order valence-electron chi connectivity index (χ4n) is 2.31. The number of fused-ring (bicyclic) bond motifs is 1. The van der Waals surface area contributed by atoms with Crippen LogP contribution in [0.4, 0.5) is 0 Å². The first-order valence-corrected chi connectivity index (χ1v) is 7.05. The van der Waals surface area contributed by atoms with Crippen molar-refractivity contribution in [2.75, 3.05) is 27.2 Å². The van der Waals surface area contributed by atoms with Gasteiger partial charge in [0.15, 0.2) is 0 Å². The summed E-state index contributed by atoms with van der Waals surface area (Å²) in [6.45, 7) is 1.73. The maximum atomic E-state index is 12.0. The molecule has 1 amide bonds. The van der Waals surface area contributed by atoms with Crippen LogP contribution >= 0.6 is 0 Å². The molecule has 0 aliphatic carbocycles. The number of amides is 1. The summed E-state index contributed by atoms with van der Waals surface area (Å²) in [4.78, 5) is 14.1. The van der Waals surface area contributed by atoms with E-state index in [9.17, 15) is 4.79 Å². The summed E-state index contributed by atoms with van der Waals surface area (Å²) in [5, 5.41) is 5.34. The Hall–Kier alpha value is -1.87. The summed E-state index contributed by atoms with van der Waals surface area (Å²) in [5.74, 6) is 0.0973. The first-order valence-electron chi connectivity index (χ1n) is 7.05. The largest absolute Gasteiger partial charge is 0.356 e. The van der Waals surface area contributed by atoms with E-state index in [1.54, 1.807) is 0 Å². The smallest absolute Gasteiger partial charge is 0.224 e. The minimum atomic E-state index is 0.0973. The zero-order valence-electron chi connectivity index (χ0n) is 12.2. The van der Waals surface area contributed by atoms with E-state index in [4.69, 9.17) is 0 Å². The molecule has 0 spiro atoms. The molecule has 0 heterocycles. The molecule has 0 unspecified atom stereocenters. The van der Waals surface area contributed by atoms with Crippen molar-refractivity contribution in [3.05, 3.63) is 48.0 Å². The average molecular weight is 270 g/mol. The van der Waals surface area contributed by atoms with Gasteiger partial charge in [0, 0.05) is 6.54 Å². The van der Waals surface area contributed by atoms with E-state index in [1.807, 2.05) is 38.4 Å². The molecule has 0 aliphatic heterocycles. The second-order valence-corrected chi connectivity index (χ2v) is 5.32. The van der Waals surface area contributed by atoms with Crippen LogP contribution in [0.3, 0.4) is 0 Å². The van der Waals surface area contributed by atoms with Crippen molar-refractivity contribution in [1.29, 1.82) is 0 Å². The zero-order chi connectivity index (χ0) is 14.4. The summed E-state index contributed by atoms with van der Waals surface area (Å²) in [7, 11) is 4.08. The van der Waals surface area contributed by atoms with Crippen LogP contribution in [0, 0.1) is 0 Å². The predicted octanol–water partition coefficient (Wildman–Crippen LogP) is 2.45. The Morgan fingerprint density at radius 1 is 1.10 bits per heavy atom. The third kappa shape index (κ3) is 4.07. The molecule has 1 N–H and O–H groups in total. The van der Waals surface area contributed by atoms with Gasteiger partial charge in [-0.2, -0.15) is 0 Å². The van der Waals surface area contributed by atoms with Crippen molar-refractivity contribution in [2.45, 2.75) is 12.8 Å². The minimum Gasteiger partial charge on any atom is -0.356 e. The zero-order valence-corrected chi connectivity index (χ0v) is 12.2. The van der Waals surface area contributed by atoms with Gasteiger partial charge in [0.25, 0.3) is 0 Å². The van der Waals surface area contributed by atoms with Crippen LogP contribution in [0.2, 0.25) is 0 Å². The van der Waals surface area contributed by atoms with E-state index in [1.165, 1.54) is 10.8 Å². The van der Waals surface area contributed by atoms with Crippen LogP contribution in [-0.4, -0.2) is 38.0 Å². The molecule has 0 saturated heterocycles. The fourth-order valence-corrected chi connectivity index (χ4v) is 2.31.